The van der Waals surface area contributed by atoms with Crippen molar-refractivity contribution >= 4 is 41.0 Å². The summed E-state index contributed by atoms with van der Waals surface area (Å²) in [6.45, 7) is 13.0. The van der Waals surface area contributed by atoms with Crippen LogP contribution in [0.1, 0.15) is 76.9 Å². The fourth-order valence-electron chi connectivity index (χ4n) is 6.22. The largest absolute Gasteiger partial charge is 0.477 e. The molecular weight excluding hydrogens is 611 g/mol. The number of aromatic nitrogens is 2. The molecule has 3 heterocycles. The van der Waals surface area contributed by atoms with Crippen LogP contribution < -0.4 is 10.5 Å². The number of piperidine rings is 1. The van der Waals surface area contributed by atoms with Gasteiger partial charge in [0.25, 0.3) is 0 Å². The molecule has 0 spiro atoms. The van der Waals surface area contributed by atoms with Gasteiger partial charge >= 0.3 is 6.03 Å². The maximum Gasteiger partial charge on any atom is 0.326 e. The van der Waals surface area contributed by atoms with E-state index in [0.717, 1.165) is 11.1 Å². The second kappa shape index (κ2) is 12.2. The monoisotopic (exact) mass is 650 g/mol. The number of benzene rings is 2. The molecule has 5 rings (SSSR count). The van der Waals surface area contributed by atoms with E-state index in [9.17, 15) is 9.59 Å². The standard InChI is InChI=1S/C34H40Cl2N6O3/c1-7-45-29-26(19-38-30(39-29)32(2,3)4)28-40-33(5,22-10-14-24(35)15-11-22)34(6,23-12-16-25(36)17-13-23)42(28)31(44)41-18-8-9-21(20-41)27(37)43/h10-17,19,21H,7-9,18,20H2,1-6H3,(H2,37,43). The predicted molar refractivity (Wildman–Crippen MR) is 177 cm³/mol. The first kappa shape index (κ1) is 32.7. The van der Waals surface area contributed by atoms with Crippen LogP contribution >= 0.6 is 23.2 Å². The number of aliphatic imine (C=N–C) groups is 1. The van der Waals surface area contributed by atoms with Crippen molar-refractivity contribution in [1.82, 2.24) is 19.8 Å². The Morgan fingerprint density at radius 3 is 2.18 bits per heavy atom. The Balaban J connectivity index is 1.79. The van der Waals surface area contributed by atoms with Gasteiger partial charge in [-0.3, -0.25) is 14.7 Å². The number of carbonyl (C=O) groups is 2. The highest BCUT2D eigenvalue weighted by atomic mass is 35.5. The summed E-state index contributed by atoms with van der Waals surface area (Å²) in [5.74, 6) is 0.441. The zero-order chi connectivity index (χ0) is 32.7. The molecule has 238 valence electrons. The van der Waals surface area contributed by atoms with Gasteiger partial charge in [0.15, 0.2) is 0 Å². The molecule has 0 radical (unpaired) electrons. The van der Waals surface area contributed by atoms with Gasteiger partial charge in [-0.2, -0.15) is 4.98 Å². The summed E-state index contributed by atoms with van der Waals surface area (Å²) >= 11 is 12.7. The highest BCUT2D eigenvalue weighted by Crippen LogP contribution is 2.54. The Morgan fingerprint density at radius 1 is 1.02 bits per heavy atom. The molecule has 9 nitrogen and oxygen atoms in total. The lowest BCUT2D eigenvalue weighted by molar-refractivity contribution is -0.123. The average molecular weight is 652 g/mol. The molecule has 0 aliphatic carbocycles. The molecule has 1 fully saturated rings. The lowest BCUT2D eigenvalue weighted by Gasteiger charge is -2.47. The molecule has 0 bridgehead atoms. The fourth-order valence-corrected chi connectivity index (χ4v) is 6.47. The maximum absolute atomic E-state index is 15.0. The van der Waals surface area contributed by atoms with Crippen molar-refractivity contribution < 1.29 is 14.3 Å². The minimum Gasteiger partial charge on any atom is -0.477 e. The Kier molecular flexibility index (Phi) is 8.90. The van der Waals surface area contributed by atoms with E-state index in [1.165, 1.54) is 0 Å². The number of rotatable bonds is 6. The van der Waals surface area contributed by atoms with Crippen LogP contribution in [-0.2, 0) is 21.3 Å². The number of likely N-dealkylation sites (tertiary alicyclic amines) is 1. The average Bonchev–Trinajstić information content (AvgIpc) is 3.25. The predicted octanol–water partition coefficient (Wildman–Crippen LogP) is 6.69. The molecule has 2 aliphatic heterocycles. The number of nitrogens with two attached hydrogens (primary N) is 1. The van der Waals surface area contributed by atoms with Crippen molar-refractivity contribution in [3.05, 3.63) is 87.3 Å². The van der Waals surface area contributed by atoms with Gasteiger partial charge in [0.05, 0.1) is 18.1 Å². The summed E-state index contributed by atoms with van der Waals surface area (Å²) in [4.78, 5) is 45.6. The minimum atomic E-state index is -1.09. The van der Waals surface area contributed by atoms with Crippen LogP contribution in [0.3, 0.4) is 0 Å². The van der Waals surface area contributed by atoms with Crippen molar-refractivity contribution in [2.75, 3.05) is 19.7 Å². The molecule has 1 aromatic heterocycles. The van der Waals surface area contributed by atoms with E-state index < -0.39 is 22.9 Å². The molecule has 3 aromatic rings. The molecule has 11 heteroatoms. The zero-order valence-electron chi connectivity index (χ0n) is 26.6. The van der Waals surface area contributed by atoms with Crippen LogP contribution in [0.4, 0.5) is 4.79 Å². The molecule has 1 saturated heterocycles. The summed E-state index contributed by atoms with van der Waals surface area (Å²) in [6.07, 6.45) is 2.98. The first-order valence-corrected chi connectivity index (χ1v) is 16.0. The number of primary amides is 1. The first-order chi connectivity index (χ1) is 21.2. The fraction of sp³-hybridized carbons (Fsp3) is 0.441. The topological polar surface area (TPSA) is 114 Å². The van der Waals surface area contributed by atoms with Crippen molar-refractivity contribution in [2.24, 2.45) is 16.6 Å². The number of halogens is 2. The Hall–Kier alpha value is -3.69. The van der Waals surface area contributed by atoms with E-state index in [-0.39, 0.29) is 18.0 Å². The normalized spacial score (nSPS) is 23.6. The van der Waals surface area contributed by atoms with Crippen LogP contribution in [0, 0.1) is 5.92 Å². The number of nitrogens with zero attached hydrogens (tertiary/aromatic N) is 5. The second-order valence-corrected chi connectivity index (χ2v) is 13.9. The number of hydrogen-bond acceptors (Lipinski definition) is 6. The summed E-state index contributed by atoms with van der Waals surface area (Å²) in [5.41, 5.74) is 5.40. The molecule has 45 heavy (non-hydrogen) atoms. The third-order valence-electron chi connectivity index (χ3n) is 8.98. The highest BCUT2D eigenvalue weighted by Gasteiger charge is 2.60. The van der Waals surface area contributed by atoms with Gasteiger partial charge in [0.2, 0.25) is 11.8 Å². The molecule has 3 atom stereocenters. The molecular formula is C34H40Cl2N6O3. The van der Waals surface area contributed by atoms with Gasteiger partial charge in [-0.25, -0.2) is 9.78 Å². The second-order valence-electron chi connectivity index (χ2n) is 13.0. The van der Waals surface area contributed by atoms with Crippen molar-refractivity contribution in [2.45, 2.75) is 70.9 Å². The third kappa shape index (κ3) is 5.88. The summed E-state index contributed by atoms with van der Waals surface area (Å²) < 4.78 is 6.11. The van der Waals surface area contributed by atoms with E-state index in [0.29, 0.717) is 59.1 Å². The first-order valence-electron chi connectivity index (χ1n) is 15.2. The molecule has 0 saturated carbocycles. The summed E-state index contributed by atoms with van der Waals surface area (Å²) in [6, 6.07) is 14.6. The number of ether oxygens (including phenoxy) is 1. The smallest absolute Gasteiger partial charge is 0.326 e. The van der Waals surface area contributed by atoms with E-state index in [4.69, 9.17) is 48.6 Å². The lowest BCUT2D eigenvalue weighted by Crippen LogP contribution is -2.59. The minimum absolute atomic E-state index is 0.212. The van der Waals surface area contributed by atoms with Crippen molar-refractivity contribution in [1.29, 1.82) is 0 Å². The Morgan fingerprint density at radius 2 is 1.62 bits per heavy atom. The SMILES string of the molecule is CCOc1nc(C(C)(C)C)ncc1C1=NC(C)(c2ccc(Cl)cc2)C(C)(c2ccc(Cl)cc2)N1C(=O)N1CCCC(C(N)=O)C1. The van der Waals surface area contributed by atoms with E-state index in [1.54, 1.807) is 16.0 Å². The van der Waals surface area contributed by atoms with Crippen LogP contribution in [-0.4, -0.2) is 57.2 Å². The van der Waals surface area contributed by atoms with E-state index in [2.05, 4.69) is 0 Å². The molecule has 3 unspecified atom stereocenters. The Bertz CT molecular complexity index is 1620. The third-order valence-corrected chi connectivity index (χ3v) is 9.49. The number of hydrogen-bond donors (Lipinski definition) is 1. The van der Waals surface area contributed by atoms with Crippen molar-refractivity contribution in [3.63, 3.8) is 0 Å². The van der Waals surface area contributed by atoms with Crippen LogP contribution in [0.2, 0.25) is 10.0 Å². The van der Waals surface area contributed by atoms with Gasteiger partial charge < -0.3 is 15.4 Å². The van der Waals surface area contributed by atoms with Gasteiger partial charge in [0.1, 0.15) is 22.7 Å². The van der Waals surface area contributed by atoms with Crippen LogP contribution in [0.5, 0.6) is 5.88 Å². The number of amides is 3. The van der Waals surface area contributed by atoms with Crippen molar-refractivity contribution in [3.8, 4) is 5.88 Å². The Labute approximate surface area is 274 Å². The van der Waals surface area contributed by atoms with Gasteiger partial charge in [-0.05, 0) is 69.0 Å². The maximum atomic E-state index is 15.0. The molecule has 2 aromatic carbocycles. The number of carbonyl (C=O) groups excluding carboxylic acids is 2. The van der Waals surface area contributed by atoms with Crippen LogP contribution in [0.25, 0.3) is 0 Å². The van der Waals surface area contributed by atoms with E-state index in [1.807, 2.05) is 90.1 Å². The molecule has 2 N–H and O–H groups in total. The van der Waals surface area contributed by atoms with Gasteiger partial charge in [-0.1, -0.05) is 68.2 Å². The van der Waals surface area contributed by atoms with Gasteiger partial charge in [0, 0.05) is 34.7 Å². The van der Waals surface area contributed by atoms with Gasteiger partial charge in [-0.15, -0.1) is 0 Å². The van der Waals surface area contributed by atoms with Crippen LogP contribution in [0.15, 0.2) is 59.7 Å². The summed E-state index contributed by atoms with van der Waals surface area (Å²) in [5, 5.41) is 1.15. The lowest BCUT2D eigenvalue weighted by atomic mass is 9.71. The quantitative estimate of drug-likeness (QED) is 0.319. The number of urea groups is 1. The summed E-state index contributed by atoms with van der Waals surface area (Å²) in [7, 11) is 0. The number of amidine groups is 1. The molecule has 2 aliphatic rings. The van der Waals surface area contributed by atoms with E-state index >= 15 is 0 Å². The molecule has 3 amide bonds. The highest BCUT2D eigenvalue weighted by molar-refractivity contribution is 6.30. The zero-order valence-corrected chi connectivity index (χ0v) is 28.1.